The fourth-order valence-electron chi connectivity index (χ4n) is 1.78. The van der Waals surface area contributed by atoms with Crippen molar-refractivity contribution < 1.29 is 0 Å². The van der Waals surface area contributed by atoms with E-state index in [0.29, 0.717) is 6.04 Å². The Hall–Kier alpha value is -1.34. The van der Waals surface area contributed by atoms with E-state index in [0.717, 1.165) is 18.5 Å². The molecule has 15 heavy (non-hydrogen) atoms. The highest BCUT2D eigenvalue weighted by Crippen LogP contribution is 2.28. The minimum atomic E-state index is 0.310. The summed E-state index contributed by atoms with van der Waals surface area (Å²) in [7, 11) is 0. The third-order valence-corrected chi connectivity index (χ3v) is 2.53. The summed E-state index contributed by atoms with van der Waals surface area (Å²) in [4.78, 5) is 0. The normalized spacial score (nSPS) is 22.5. The summed E-state index contributed by atoms with van der Waals surface area (Å²) in [6.45, 7) is 12.3. The molecule has 1 aliphatic rings. The molecule has 0 aromatic rings. The molecule has 1 aliphatic heterocycles. The van der Waals surface area contributed by atoms with E-state index in [1.165, 1.54) is 12.0 Å². The summed E-state index contributed by atoms with van der Waals surface area (Å²) in [5.41, 5.74) is 2.28. The molecular formula is C14H18N-. The molecule has 0 spiro atoms. The maximum absolute atomic E-state index is 4.55. The summed E-state index contributed by atoms with van der Waals surface area (Å²) < 4.78 is 0. The molecule has 0 aromatic carbocycles. The Labute approximate surface area is 92.6 Å². The van der Waals surface area contributed by atoms with E-state index in [2.05, 4.69) is 25.1 Å². The van der Waals surface area contributed by atoms with Crippen LogP contribution in [-0.4, -0.2) is 12.6 Å². The second kappa shape index (κ2) is 6.20. The van der Waals surface area contributed by atoms with Gasteiger partial charge in [0.2, 0.25) is 0 Å². The van der Waals surface area contributed by atoms with E-state index in [-0.39, 0.29) is 0 Å². The van der Waals surface area contributed by atoms with Crippen molar-refractivity contribution in [1.82, 2.24) is 0 Å². The topological polar surface area (TPSA) is 14.1 Å². The van der Waals surface area contributed by atoms with Crippen LogP contribution in [0.25, 0.3) is 5.32 Å². The highest BCUT2D eigenvalue weighted by Gasteiger charge is 2.08. The van der Waals surface area contributed by atoms with Gasteiger partial charge in [-0.3, -0.25) is 0 Å². The van der Waals surface area contributed by atoms with Crippen molar-refractivity contribution >= 4 is 0 Å². The standard InChI is InChI=1S/C14H18N/c1-4-7-9-12(5-2)13(6-3)14-10-8-11-15-14/h4-7,9,14H,1-3,8,10-11H2/q-1/b9-7-,13-12-. The van der Waals surface area contributed by atoms with Crippen molar-refractivity contribution in [2.24, 2.45) is 0 Å². The molecule has 1 nitrogen and oxygen atoms in total. The zero-order valence-electron chi connectivity index (χ0n) is 9.15. The lowest BCUT2D eigenvalue weighted by Gasteiger charge is -2.25. The largest absolute Gasteiger partial charge is 0.656 e. The van der Waals surface area contributed by atoms with Gasteiger partial charge in [0.05, 0.1) is 0 Å². The first-order chi connectivity index (χ1) is 7.33. The molecule has 1 fully saturated rings. The lowest BCUT2D eigenvalue weighted by molar-refractivity contribution is 0.842. The molecule has 0 aliphatic carbocycles. The SMILES string of the molecule is C=C/C=C\C(C=C)=C(\C=C)C1CCC[N-]1. The van der Waals surface area contributed by atoms with Crippen molar-refractivity contribution in [2.75, 3.05) is 6.54 Å². The molecule has 1 heteroatoms. The van der Waals surface area contributed by atoms with Gasteiger partial charge in [-0.25, -0.2) is 0 Å². The van der Waals surface area contributed by atoms with E-state index in [1.807, 2.05) is 24.3 Å². The Morgan fingerprint density at radius 2 is 2.00 bits per heavy atom. The number of hydrogen-bond donors (Lipinski definition) is 0. The minimum Gasteiger partial charge on any atom is -0.656 e. The number of allylic oxidation sites excluding steroid dienone is 5. The predicted octanol–water partition coefficient (Wildman–Crippen LogP) is 3.93. The molecular weight excluding hydrogens is 182 g/mol. The van der Waals surface area contributed by atoms with Crippen molar-refractivity contribution in [3.8, 4) is 0 Å². The summed E-state index contributed by atoms with van der Waals surface area (Å²) in [5.74, 6) is 0. The first kappa shape index (κ1) is 11.7. The van der Waals surface area contributed by atoms with Gasteiger partial charge in [0, 0.05) is 0 Å². The molecule has 1 heterocycles. The van der Waals surface area contributed by atoms with E-state index >= 15 is 0 Å². The van der Waals surface area contributed by atoms with Crippen molar-refractivity contribution in [2.45, 2.75) is 18.9 Å². The van der Waals surface area contributed by atoms with Gasteiger partial charge in [0.1, 0.15) is 0 Å². The molecule has 1 rings (SSSR count). The summed E-state index contributed by atoms with van der Waals surface area (Å²) >= 11 is 0. The average molecular weight is 200 g/mol. The van der Waals surface area contributed by atoms with Crippen LogP contribution in [0.2, 0.25) is 0 Å². The Kier molecular flexibility index (Phi) is 4.85. The van der Waals surface area contributed by atoms with Crippen LogP contribution in [0.3, 0.4) is 0 Å². The van der Waals surface area contributed by atoms with Gasteiger partial charge < -0.3 is 5.32 Å². The van der Waals surface area contributed by atoms with E-state index in [9.17, 15) is 0 Å². The lowest BCUT2D eigenvalue weighted by Crippen LogP contribution is -2.04. The van der Waals surface area contributed by atoms with Crippen molar-refractivity contribution in [1.29, 1.82) is 0 Å². The Bertz CT molecular complexity index is 301. The smallest absolute Gasteiger partial charge is 0.0245 e. The average Bonchev–Trinajstić information content (AvgIpc) is 2.77. The third-order valence-electron chi connectivity index (χ3n) is 2.53. The van der Waals surface area contributed by atoms with Gasteiger partial charge in [0.25, 0.3) is 0 Å². The highest BCUT2D eigenvalue weighted by atomic mass is 14.9. The van der Waals surface area contributed by atoms with Gasteiger partial charge in [-0.2, -0.15) is 0 Å². The molecule has 1 saturated heterocycles. The predicted molar refractivity (Wildman–Crippen MR) is 68.0 cm³/mol. The highest BCUT2D eigenvalue weighted by molar-refractivity contribution is 5.45. The zero-order chi connectivity index (χ0) is 11.1. The summed E-state index contributed by atoms with van der Waals surface area (Å²) in [6, 6.07) is 0.310. The third kappa shape index (κ3) is 3.07. The zero-order valence-corrected chi connectivity index (χ0v) is 9.15. The van der Waals surface area contributed by atoms with Crippen LogP contribution in [0.1, 0.15) is 12.8 Å². The van der Waals surface area contributed by atoms with Crippen molar-refractivity contribution in [3.63, 3.8) is 0 Å². The van der Waals surface area contributed by atoms with Gasteiger partial charge >= 0.3 is 0 Å². The molecule has 0 amide bonds. The van der Waals surface area contributed by atoms with Gasteiger partial charge in [-0.15, -0.1) is 12.6 Å². The fraction of sp³-hybridized carbons (Fsp3) is 0.286. The minimum absolute atomic E-state index is 0.310. The maximum Gasteiger partial charge on any atom is -0.0245 e. The van der Waals surface area contributed by atoms with Crippen LogP contribution >= 0.6 is 0 Å². The maximum atomic E-state index is 4.55. The van der Waals surface area contributed by atoms with E-state index in [1.54, 1.807) is 6.08 Å². The molecule has 80 valence electrons. The number of rotatable bonds is 5. The van der Waals surface area contributed by atoms with Gasteiger partial charge in [-0.05, 0) is 5.57 Å². The monoisotopic (exact) mass is 200 g/mol. The van der Waals surface area contributed by atoms with Crippen LogP contribution in [0.4, 0.5) is 0 Å². The summed E-state index contributed by atoms with van der Waals surface area (Å²) in [6.07, 6.45) is 11.7. The molecule has 0 radical (unpaired) electrons. The fourth-order valence-corrected chi connectivity index (χ4v) is 1.78. The Balaban J connectivity index is 2.95. The van der Waals surface area contributed by atoms with Crippen LogP contribution < -0.4 is 0 Å². The van der Waals surface area contributed by atoms with Gasteiger partial charge in [-0.1, -0.05) is 68.5 Å². The van der Waals surface area contributed by atoms with Crippen molar-refractivity contribution in [3.05, 3.63) is 66.6 Å². The Morgan fingerprint density at radius 3 is 2.47 bits per heavy atom. The molecule has 1 atom stereocenters. The molecule has 0 saturated carbocycles. The number of hydrogen-bond acceptors (Lipinski definition) is 0. The van der Waals surface area contributed by atoms with E-state index in [4.69, 9.17) is 0 Å². The van der Waals surface area contributed by atoms with Gasteiger partial charge in [0.15, 0.2) is 0 Å². The summed E-state index contributed by atoms with van der Waals surface area (Å²) in [5, 5.41) is 4.55. The van der Waals surface area contributed by atoms with Crippen LogP contribution in [-0.2, 0) is 0 Å². The number of nitrogens with zero attached hydrogens (tertiary/aromatic N) is 1. The van der Waals surface area contributed by atoms with Crippen LogP contribution in [0.5, 0.6) is 0 Å². The van der Waals surface area contributed by atoms with Crippen LogP contribution in [0.15, 0.2) is 61.3 Å². The Morgan fingerprint density at radius 1 is 1.20 bits per heavy atom. The quantitative estimate of drug-likeness (QED) is 0.597. The lowest BCUT2D eigenvalue weighted by atomic mass is 9.99. The molecule has 0 bridgehead atoms. The molecule has 0 N–H and O–H groups in total. The molecule has 0 aromatic heterocycles. The first-order valence-corrected chi connectivity index (χ1v) is 5.28. The van der Waals surface area contributed by atoms with Crippen LogP contribution in [0, 0.1) is 0 Å². The second-order valence-corrected chi connectivity index (χ2v) is 3.48. The van der Waals surface area contributed by atoms with E-state index < -0.39 is 0 Å². The molecule has 1 unspecified atom stereocenters. The first-order valence-electron chi connectivity index (χ1n) is 5.28. The second-order valence-electron chi connectivity index (χ2n) is 3.48.